The van der Waals surface area contributed by atoms with Crippen molar-refractivity contribution in [3.8, 4) is 0 Å². The molecule has 0 bridgehead atoms. The number of aliphatic hydroxyl groups is 1. The van der Waals surface area contributed by atoms with Crippen molar-refractivity contribution in [3.63, 3.8) is 0 Å². The molecule has 2 unspecified atom stereocenters. The number of carbonyl (C=O) groups is 1. The first kappa shape index (κ1) is 13.7. The Morgan fingerprint density at radius 2 is 2.00 bits per heavy atom. The maximum atomic E-state index is 10.8. The lowest BCUT2D eigenvalue weighted by Crippen LogP contribution is -2.43. The summed E-state index contributed by atoms with van der Waals surface area (Å²) in [5, 5.41) is 20.7. The Morgan fingerprint density at radius 1 is 1.43 bits per heavy atom. The van der Waals surface area contributed by atoms with E-state index in [-0.39, 0.29) is 17.9 Å². The average Bonchev–Trinajstić information content (AvgIpc) is 2.10. The van der Waals surface area contributed by atoms with E-state index in [1.807, 2.05) is 20.8 Å². The molecule has 14 heavy (non-hydrogen) atoms. The van der Waals surface area contributed by atoms with Gasteiger partial charge in [-0.25, -0.2) is 0 Å². The van der Waals surface area contributed by atoms with Crippen LogP contribution in [0.3, 0.4) is 0 Å². The number of aliphatic carboxylic acids is 1. The lowest BCUT2D eigenvalue weighted by atomic mass is 10.3. The Labute approximate surface area is 89.1 Å². The van der Waals surface area contributed by atoms with Crippen molar-refractivity contribution in [2.75, 3.05) is 12.4 Å². The van der Waals surface area contributed by atoms with Gasteiger partial charge in [-0.05, 0) is 0 Å². The molecule has 2 atom stereocenters. The van der Waals surface area contributed by atoms with Crippen molar-refractivity contribution < 1.29 is 15.0 Å². The molecule has 0 aliphatic carbocycles. The third-order valence-corrected chi connectivity index (χ3v) is 2.88. The molecule has 0 aromatic carbocycles. The highest BCUT2D eigenvalue weighted by atomic mass is 32.2. The Bertz CT molecular complexity index is 175. The second-order valence-corrected chi connectivity index (χ2v) is 5.01. The van der Waals surface area contributed by atoms with Gasteiger partial charge >= 0.3 is 5.97 Å². The smallest absolute Gasteiger partial charge is 0.321 e. The highest BCUT2D eigenvalue weighted by Gasteiger charge is 2.18. The molecule has 0 radical (unpaired) electrons. The second-order valence-electron chi connectivity index (χ2n) is 3.54. The summed E-state index contributed by atoms with van der Waals surface area (Å²) >= 11 is 1.46. The number of carboxylic acids is 1. The summed E-state index contributed by atoms with van der Waals surface area (Å²) in [5.74, 6) is -0.355. The molecule has 0 aromatic rings. The number of hydrogen-bond acceptors (Lipinski definition) is 4. The van der Waals surface area contributed by atoms with E-state index in [1.54, 1.807) is 0 Å². The van der Waals surface area contributed by atoms with Gasteiger partial charge in [-0.1, -0.05) is 20.8 Å². The van der Waals surface area contributed by atoms with Gasteiger partial charge in [0, 0.05) is 17.0 Å². The quantitative estimate of drug-likeness (QED) is 0.586. The van der Waals surface area contributed by atoms with Gasteiger partial charge in [0.25, 0.3) is 0 Å². The monoisotopic (exact) mass is 221 g/mol. The zero-order valence-electron chi connectivity index (χ0n) is 8.86. The Balaban J connectivity index is 3.91. The van der Waals surface area contributed by atoms with Crippen LogP contribution >= 0.6 is 11.8 Å². The molecule has 0 fully saturated rings. The van der Waals surface area contributed by atoms with Crippen LogP contribution in [0.25, 0.3) is 0 Å². The van der Waals surface area contributed by atoms with Gasteiger partial charge in [-0.15, -0.1) is 0 Å². The van der Waals surface area contributed by atoms with E-state index in [1.165, 1.54) is 11.8 Å². The number of aliphatic hydroxyl groups excluding tert-OH is 1. The topological polar surface area (TPSA) is 69.6 Å². The number of rotatable bonds is 7. The standard InChI is InChI=1S/C9H19NO3S/c1-6(2)10-8(9(12)13)5-14-7(3)4-11/h6-8,10-11H,4-5H2,1-3H3,(H,12,13). The van der Waals surface area contributed by atoms with Gasteiger partial charge in [0.05, 0.1) is 6.61 Å². The molecular formula is C9H19NO3S. The first-order valence-electron chi connectivity index (χ1n) is 4.68. The highest BCUT2D eigenvalue weighted by molar-refractivity contribution is 7.99. The van der Waals surface area contributed by atoms with Crippen LogP contribution in [0.15, 0.2) is 0 Å². The summed E-state index contributed by atoms with van der Waals surface area (Å²) < 4.78 is 0. The van der Waals surface area contributed by atoms with Gasteiger partial charge in [0.2, 0.25) is 0 Å². The number of carboxylic acid groups (broad SMARTS) is 1. The van der Waals surface area contributed by atoms with Crippen molar-refractivity contribution in [1.82, 2.24) is 5.32 Å². The van der Waals surface area contributed by atoms with Crippen LogP contribution in [0.4, 0.5) is 0 Å². The van der Waals surface area contributed by atoms with Crippen LogP contribution in [-0.4, -0.2) is 45.9 Å². The Kier molecular flexibility index (Phi) is 6.96. The van der Waals surface area contributed by atoms with E-state index in [2.05, 4.69) is 5.32 Å². The van der Waals surface area contributed by atoms with Gasteiger partial charge < -0.3 is 15.5 Å². The molecule has 0 aliphatic heterocycles. The molecule has 0 saturated carbocycles. The van der Waals surface area contributed by atoms with E-state index >= 15 is 0 Å². The average molecular weight is 221 g/mol. The van der Waals surface area contributed by atoms with Crippen molar-refractivity contribution in [3.05, 3.63) is 0 Å². The molecule has 0 amide bonds. The molecule has 84 valence electrons. The lowest BCUT2D eigenvalue weighted by molar-refractivity contribution is -0.139. The fourth-order valence-electron chi connectivity index (χ4n) is 0.906. The SMILES string of the molecule is CC(C)NC(CSC(C)CO)C(=O)O. The zero-order chi connectivity index (χ0) is 11.1. The maximum Gasteiger partial charge on any atom is 0.321 e. The Hall–Kier alpha value is -0.260. The van der Waals surface area contributed by atoms with E-state index in [4.69, 9.17) is 10.2 Å². The van der Waals surface area contributed by atoms with Crippen LogP contribution in [0.5, 0.6) is 0 Å². The minimum Gasteiger partial charge on any atom is -0.480 e. The van der Waals surface area contributed by atoms with E-state index < -0.39 is 12.0 Å². The van der Waals surface area contributed by atoms with Gasteiger partial charge in [0.1, 0.15) is 6.04 Å². The number of thioether (sulfide) groups is 1. The number of nitrogens with one attached hydrogen (secondary N) is 1. The first-order valence-corrected chi connectivity index (χ1v) is 5.73. The highest BCUT2D eigenvalue weighted by Crippen LogP contribution is 2.11. The summed E-state index contributed by atoms with van der Waals surface area (Å²) in [4.78, 5) is 10.8. The second kappa shape index (κ2) is 7.09. The minimum absolute atomic E-state index is 0.0820. The van der Waals surface area contributed by atoms with Crippen LogP contribution in [0.1, 0.15) is 20.8 Å². The molecular weight excluding hydrogens is 202 g/mol. The van der Waals surface area contributed by atoms with Gasteiger partial charge in [-0.2, -0.15) is 11.8 Å². The zero-order valence-corrected chi connectivity index (χ0v) is 9.67. The van der Waals surface area contributed by atoms with Crippen molar-refractivity contribution >= 4 is 17.7 Å². The molecule has 3 N–H and O–H groups in total. The first-order chi connectivity index (χ1) is 6.47. The van der Waals surface area contributed by atoms with Crippen LogP contribution < -0.4 is 5.32 Å². The molecule has 4 nitrogen and oxygen atoms in total. The van der Waals surface area contributed by atoms with Crippen molar-refractivity contribution in [1.29, 1.82) is 0 Å². The van der Waals surface area contributed by atoms with Crippen molar-refractivity contribution in [2.24, 2.45) is 0 Å². The Morgan fingerprint density at radius 3 is 2.36 bits per heavy atom. The minimum atomic E-state index is -0.837. The molecule has 0 saturated heterocycles. The van der Waals surface area contributed by atoms with Crippen LogP contribution in [0, 0.1) is 0 Å². The largest absolute Gasteiger partial charge is 0.480 e. The third-order valence-electron chi connectivity index (χ3n) is 1.64. The summed E-state index contributed by atoms with van der Waals surface area (Å²) in [6.07, 6.45) is 0. The molecule has 0 aliphatic rings. The summed E-state index contributed by atoms with van der Waals surface area (Å²) in [7, 11) is 0. The maximum absolute atomic E-state index is 10.8. The van der Waals surface area contributed by atoms with E-state index in [9.17, 15) is 4.79 Å². The van der Waals surface area contributed by atoms with E-state index in [0.717, 1.165) is 0 Å². The van der Waals surface area contributed by atoms with Crippen molar-refractivity contribution in [2.45, 2.75) is 38.1 Å². The molecule has 5 heteroatoms. The predicted molar refractivity (Wildman–Crippen MR) is 58.7 cm³/mol. The summed E-state index contributed by atoms with van der Waals surface area (Å²) in [5.41, 5.74) is 0. The fourth-order valence-corrected chi connectivity index (χ4v) is 1.77. The van der Waals surface area contributed by atoms with Gasteiger partial charge in [-0.3, -0.25) is 4.79 Å². The normalized spacial score (nSPS) is 15.5. The molecule has 0 rings (SSSR count). The summed E-state index contributed by atoms with van der Waals surface area (Å²) in [6.45, 7) is 5.78. The van der Waals surface area contributed by atoms with Gasteiger partial charge in [0.15, 0.2) is 0 Å². The third kappa shape index (κ3) is 6.23. The summed E-state index contributed by atoms with van der Waals surface area (Å²) in [6, 6.07) is -0.380. The lowest BCUT2D eigenvalue weighted by Gasteiger charge is -2.18. The molecule has 0 aromatic heterocycles. The molecule has 0 spiro atoms. The van der Waals surface area contributed by atoms with Crippen LogP contribution in [0.2, 0.25) is 0 Å². The van der Waals surface area contributed by atoms with Crippen LogP contribution in [-0.2, 0) is 4.79 Å². The number of hydrogen-bond donors (Lipinski definition) is 3. The van der Waals surface area contributed by atoms with E-state index in [0.29, 0.717) is 5.75 Å². The fraction of sp³-hybridized carbons (Fsp3) is 0.889. The predicted octanol–water partition coefficient (Wildman–Crippen LogP) is 0.552. The molecule has 0 heterocycles.